The van der Waals surface area contributed by atoms with Gasteiger partial charge in [-0.25, -0.2) is 0 Å². The van der Waals surface area contributed by atoms with Crippen LogP contribution in [0.3, 0.4) is 0 Å². The second kappa shape index (κ2) is 3.51. The minimum atomic E-state index is -4.75. The van der Waals surface area contributed by atoms with E-state index in [1.165, 1.54) is 0 Å². The van der Waals surface area contributed by atoms with E-state index < -0.39 is 18.3 Å². The van der Waals surface area contributed by atoms with Crippen LogP contribution in [-0.4, -0.2) is 29.9 Å². The number of nitrogens with zero attached hydrogens (tertiary/aromatic N) is 1. The monoisotopic (exact) mass is 198 g/mol. The molecule has 1 fully saturated rings. The highest BCUT2D eigenvalue weighted by atomic mass is 19.4. The van der Waals surface area contributed by atoms with Crippen molar-refractivity contribution in [2.45, 2.75) is 25.2 Å². The number of carbonyl (C=O) groups is 1. The summed E-state index contributed by atoms with van der Waals surface area (Å²) in [6.45, 7) is 0.0765. The maximum absolute atomic E-state index is 11.7. The second-order valence-electron chi connectivity index (χ2n) is 2.74. The first kappa shape index (κ1) is 10.3. The topological polar surface area (TPSA) is 55.6 Å². The van der Waals surface area contributed by atoms with Crippen molar-refractivity contribution in [2.24, 2.45) is 5.73 Å². The van der Waals surface area contributed by atoms with Crippen molar-refractivity contribution < 1.29 is 22.8 Å². The van der Waals surface area contributed by atoms with E-state index >= 15 is 0 Å². The standard InChI is InChI=1S/C6H9F3N2O2/c7-6(8,9)13-11-3-1-2-4(11)5(10)12/h4H,1-3H2,(H2,10,12). The van der Waals surface area contributed by atoms with Crippen LogP contribution in [0.4, 0.5) is 13.2 Å². The molecule has 1 aliphatic rings. The van der Waals surface area contributed by atoms with Gasteiger partial charge in [0, 0.05) is 6.54 Å². The molecule has 1 atom stereocenters. The minimum Gasteiger partial charge on any atom is -0.368 e. The Labute approximate surface area is 72.4 Å². The zero-order valence-corrected chi connectivity index (χ0v) is 6.67. The Hall–Kier alpha value is -0.820. The lowest BCUT2D eigenvalue weighted by atomic mass is 10.2. The molecule has 1 unspecified atom stereocenters. The van der Waals surface area contributed by atoms with Crippen molar-refractivity contribution >= 4 is 5.91 Å². The van der Waals surface area contributed by atoms with Gasteiger partial charge in [-0.1, -0.05) is 0 Å². The lowest BCUT2D eigenvalue weighted by Gasteiger charge is -2.21. The molecule has 1 heterocycles. The molecule has 0 aromatic heterocycles. The average Bonchev–Trinajstić information content (AvgIpc) is 2.31. The molecule has 0 bridgehead atoms. The number of primary amides is 1. The van der Waals surface area contributed by atoms with E-state index in [2.05, 4.69) is 4.84 Å². The molecule has 1 saturated heterocycles. The molecular formula is C6H9F3N2O2. The zero-order valence-electron chi connectivity index (χ0n) is 6.67. The van der Waals surface area contributed by atoms with Gasteiger partial charge in [-0.15, -0.1) is 13.2 Å². The molecule has 1 rings (SSSR count). The maximum atomic E-state index is 11.7. The quantitative estimate of drug-likeness (QED) is 0.698. The first-order valence-electron chi connectivity index (χ1n) is 3.72. The fourth-order valence-electron chi connectivity index (χ4n) is 1.27. The Morgan fingerprint density at radius 3 is 2.62 bits per heavy atom. The van der Waals surface area contributed by atoms with E-state index in [9.17, 15) is 18.0 Å². The first-order valence-corrected chi connectivity index (χ1v) is 3.72. The van der Waals surface area contributed by atoms with E-state index in [0.717, 1.165) is 0 Å². The zero-order chi connectivity index (χ0) is 10.1. The second-order valence-corrected chi connectivity index (χ2v) is 2.74. The van der Waals surface area contributed by atoms with Crippen LogP contribution in [0.2, 0.25) is 0 Å². The molecule has 0 aromatic carbocycles. The highest BCUT2D eigenvalue weighted by Gasteiger charge is 2.40. The van der Waals surface area contributed by atoms with Gasteiger partial charge in [-0.05, 0) is 12.8 Å². The number of hydrogen-bond donors (Lipinski definition) is 1. The van der Waals surface area contributed by atoms with E-state index in [-0.39, 0.29) is 6.54 Å². The summed E-state index contributed by atoms with van der Waals surface area (Å²) in [6, 6.07) is -0.957. The lowest BCUT2D eigenvalue weighted by Crippen LogP contribution is -2.43. The predicted octanol–water partition coefficient (Wildman–Crippen LogP) is 0.387. The maximum Gasteiger partial charge on any atom is 0.539 e. The van der Waals surface area contributed by atoms with Crippen molar-refractivity contribution in [3.63, 3.8) is 0 Å². The number of amides is 1. The average molecular weight is 198 g/mol. The van der Waals surface area contributed by atoms with Gasteiger partial charge in [-0.3, -0.25) is 4.79 Å². The molecule has 0 radical (unpaired) electrons. The smallest absolute Gasteiger partial charge is 0.368 e. The van der Waals surface area contributed by atoms with Crippen LogP contribution in [0.5, 0.6) is 0 Å². The van der Waals surface area contributed by atoms with Crippen LogP contribution >= 0.6 is 0 Å². The Balaban J connectivity index is 2.54. The summed E-state index contributed by atoms with van der Waals surface area (Å²) in [7, 11) is 0. The summed E-state index contributed by atoms with van der Waals surface area (Å²) < 4.78 is 35.2. The van der Waals surface area contributed by atoms with Gasteiger partial charge in [0.1, 0.15) is 6.04 Å². The van der Waals surface area contributed by atoms with Crippen LogP contribution in [0.15, 0.2) is 0 Å². The third-order valence-electron chi connectivity index (χ3n) is 1.75. The third kappa shape index (κ3) is 2.85. The fraction of sp³-hybridized carbons (Fsp3) is 0.833. The minimum absolute atomic E-state index is 0.0765. The van der Waals surface area contributed by atoms with Crippen molar-refractivity contribution in [1.82, 2.24) is 5.06 Å². The van der Waals surface area contributed by atoms with Crippen molar-refractivity contribution in [2.75, 3.05) is 6.54 Å². The fourth-order valence-corrected chi connectivity index (χ4v) is 1.27. The molecule has 7 heteroatoms. The number of halogens is 3. The Bertz CT molecular complexity index is 207. The summed E-state index contributed by atoms with van der Waals surface area (Å²) in [5.41, 5.74) is 4.88. The molecule has 2 N–H and O–H groups in total. The molecule has 13 heavy (non-hydrogen) atoms. The van der Waals surface area contributed by atoms with Gasteiger partial charge >= 0.3 is 6.36 Å². The van der Waals surface area contributed by atoms with E-state index in [4.69, 9.17) is 5.73 Å². The van der Waals surface area contributed by atoms with Crippen LogP contribution in [0.1, 0.15) is 12.8 Å². The molecule has 0 aromatic rings. The van der Waals surface area contributed by atoms with Gasteiger partial charge in [0.05, 0.1) is 0 Å². The van der Waals surface area contributed by atoms with Gasteiger partial charge in [0.15, 0.2) is 0 Å². The van der Waals surface area contributed by atoms with Crippen LogP contribution in [0.25, 0.3) is 0 Å². The van der Waals surface area contributed by atoms with Crippen molar-refractivity contribution in [3.05, 3.63) is 0 Å². The molecule has 1 amide bonds. The van der Waals surface area contributed by atoms with E-state index in [1.807, 2.05) is 0 Å². The molecule has 1 aliphatic heterocycles. The molecule has 4 nitrogen and oxygen atoms in total. The number of rotatable bonds is 2. The Morgan fingerprint density at radius 1 is 1.54 bits per heavy atom. The third-order valence-corrected chi connectivity index (χ3v) is 1.75. The number of alkyl halides is 3. The molecule has 0 aliphatic carbocycles. The van der Waals surface area contributed by atoms with E-state index in [0.29, 0.717) is 17.9 Å². The number of hydrogen-bond acceptors (Lipinski definition) is 3. The summed E-state index contributed by atoms with van der Waals surface area (Å²) in [5.74, 6) is -0.790. The molecule has 0 saturated carbocycles. The molecule has 76 valence electrons. The summed E-state index contributed by atoms with van der Waals surface area (Å²) in [6.07, 6.45) is -3.97. The van der Waals surface area contributed by atoms with Gasteiger partial charge in [-0.2, -0.15) is 9.90 Å². The summed E-state index contributed by atoms with van der Waals surface area (Å²) >= 11 is 0. The normalized spacial score (nSPS) is 25.0. The first-order chi connectivity index (χ1) is 5.90. The predicted molar refractivity (Wildman–Crippen MR) is 36.1 cm³/mol. The SMILES string of the molecule is NC(=O)C1CCCN1OC(F)(F)F. The summed E-state index contributed by atoms with van der Waals surface area (Å²) in [4.78, 5) is 14.2. The van der Waals surface area contributed by atoms with Gasteiger partial charge < -0.3 is 5.73 Å². The van der Waals surface area contributed by atoms with Crippen LogP contribution in [-0.2, 0) is 9.63 Å². The Morgan fingerprint density at radius 2 is 2.15 bits per heavy atom. The highest BCUT2D eigenvalue weighted by Crippen LogP contribution is 2.25. The van der Waals surface area contributed by atoms with Crippen molar-refractivity contribution in [1.29, 1.82) is 0 Å². The number of hydroxylamine groups is 2. The number of nitrogens with two attached hydrogens (primary N) is 1. The van der Waals surface area contributed by atoms with Gasteiger partial charge in [0.2, 0.25) is 5.91 Å². The summed E-state index contributed by atoms with van der Waals surface area (Å²) in [5, 5.41) is 0.586. The molecule has 0 spiro atoms. The number of carbonyl (C=O) groups excluding carboxylic acids is 1. The van der Waals surface area contributed by atoms with E-state index in [1.54, 1.807) is 0 Å². The van der Waals surface area contributed by atoms with Crippen LogP contribution < -0.4 is 5.73 Å². The Kier molecular flexibility index (Phi) is 2.77. The lowest BCUT2D eigenvalue weighted by molar-refractivity contribution is -0.414. The van der Waals surface area contributed by atoms with Crippen molar-refractivity contribution in [3.8, 4) is 0 Å². The van der Waals surface area contributed by atoms with Crippen LogP contribution in [0, 0.1) is 0 Å². The highest BCUT2D eigenvalue weighted by molar-refractivity contribution is 5.79. The molecular weight excluding hydrogens is 189 g/mol. The largest absolute Gasteiger partial charge is 0.539 e. The van der Waals surface area contributed by atoms with Gasteiger partial charge in [0.25, 0.3) is 0 Å².